The van der Waals surface area contributed by atoms with Crippen molar-refractivity contribution in [2.45, 2.75) is 0 Å². The molecule has 0 aliphatic rings. The zero-order valence-corrected chi connectivity index (χ0v) is 12.5. The lowest BCUT2D eigenvalue weighted by molar-refractivity contribution is 0.438. The Bertz CT molecular complexity index is 779. The molecule has 3 rings (SSSR count). The Morgan fingerprint density at radius 2 is 1.90 bits per heavy atom. The zero-order valence-electron chi connectivity index (χ0n) is 10.2. The Morgan fingerprint density at radius 1 is 1.05 bits per heavy atom. The maximum absolute atomic E-state index is 6.05. The molecule has 0 fully saturated rings. The van der Waals surface area contributed by atoms with E-state index in [1.165, 1.54) is 6.33 Å². The number of nitrogens with zero attached hydrogens (tertiary/aromatic N) is 5. The maximum atomic E-state index is 6.05. The molecule has 0 spiro atoms. The topological polar surface area (TPSA) is 65.7 Å². The molecular formula is C12H6Cl3N5O. The lowest BCUT2D eigenvalue weighted by atomic mass is 10.3. The number of halogens is 3. The predicted octanol–water partition coefficient (Wildman–Crippen LogP) is 3.81. The first-order valence-electron chi connectivity index (χ1n) is 5.65. The molecule has 2 heterocycles. The van der Waals surface area contributed by atoms with E-state index >= 15 is 0 Å². The molecule has 0 radical (unpaired) electrons. The lowest BCUT2D eigenvalue weighted by Crippen LogP contribution is -2.03. The van der Waals surface area contributed by atoms with Crippen molar-refractivity contribution in [3.63, 3.8) is 0 Å². The highest BCUT2D eigenvalue weighted by atomic mass is 35.5. The van der Waals surface area contributed by atoms with Crippen LogP contribution in [0.1, 0.15) is 0 Å². The molecule has 21 heavy (non-hydrogen) atoms. The second-order valence-electron chi connectivity index (χ2n) is 3.81. The van der Waals surface area contributed by atoms with Gasteiger partial charge in [0.2, 0.25) is 11.2 Å². The van der Waals surface area contributed by atoms with Gasteiger partial charge in [-0.1, -0.05) is 29.3 Å². The average molecular weight is 343 g/mol. The van der Waals surface area contributed by atoms with Crippen molar-refractivity contribution in [2.75, 3.05) is 0 Å². The summed E-state index contributed by atoms with van der Waals surface area (Å²) in [6, 6.07) is 4.99. The Morgan fingerprint density at radius 3 is 2.67 bits per heavy atom. The molecule has 0 bridgehead atoms. The van der Waals surface area contributed by atoms with Crippen LogP contribution in [0.15, 0.2) is 36.9 Å². The number of benzene rings is 1. The van der Waals surface area contributed by atoms with Crippen LogP contribution in [0.2, 0.25) is 15.3 Å². The van der Waals surface area contributed by atoms with Crippen LogP contribution in [0.25, 0.3) is 5.95 Å². The highest BCUT2D eigenvalue weighted by molar-refractivity contribution is 6.42. The van der Waals surface area contributed by atoms with Gasteiger partial charge in [-0.05, 0) is 23.7 Å². The SMILES string of the molecule is Clc1nc(Oc2cccc(Cl)c2Cl)nc(-n2ccnc2)n1. The van der Waals surface area contributed by atoms with Gasteiger partial charge in [0.1, 0.15) is 11.3 Å². The van der Waals surface area contributed by atoms with Crippen molar-refractivity contribution in [1.82, 2.24) is 24.5 Å². The summed E-state index contributed by atoms with van der Waals surface area (Å²) in [6.45, 7) is 0. The highest BCUT2D eigenvalue weighted by Crippen LogP contribution is 2.33. The maximum Gasteiger partial charge on any atom is 0.328 e. The van der Waals surface area contributed by atoms with Crippen LogP contribution in [0.3, 0.4) is 0 Å². The first-order chi connectivity index (χ1) is 10.1. The first kappa shape index (κ1) is 14.1. The van der Waals surface area contributed by atoms with Crippen LogP contribution in [-0.2, 0) is 0 Å². The third kappa shape index (κ3) is 3.07. The molecule has 6 nitrogen and oxygen atoms in total. The molecule has 9 heteroatoms. The fraction of sp³-hybridized carbons (Fsp3) is 0. The molecule has 106 valence electrons. The molecule has 0 unspecified atom stereocenters. The lowest BCUT2D eigenvalue weighted by Gasteiger charge is -2.08. The standard InChI is InChI=1S/C12H6Cl3N5O/c13-7-2-1-3-8(9(7)14)21-12-18-10(15)17-11(19-12)20-5-4-16-6-20/h1-6H. The molecule has 1 aromatic carbocycles. The van der Waals surface area contributed by atoms with Gasteiger partial charge in [0, 0.05) is 12.4 Å². The van der Waals surface area contributed by atoms with Crippen LogP contribution in [-0.4, -0.2) is 24.5 Å². The molecule has 0 saturated carbocycles. The summed E-state index contributed by atoms with van der Waals surface area (Å²) in [5.74, 6) is 0.601. The van der Waals surface area contributed by atoms with Gasteiger partial charge in [-0.2, -0.15) is 15.0 Å². The second-order valence-corrected chi connectivity index (χ2v) is 4.93. The van der Waals surface area contributed by atoms with Gasteiger partial charge in [0.05, 0.1) is 5.02 Å². The molecule has 2 aromatic heterocycles. The van der Waals surface area contributed by atoms with E-state index in [4.69, 9.17) is 39.5 Å². The van der Waals surface area contributed by atoms with Crippen molar-refractivity contribution in [3.8, 4) is 17.7 Å². The largest absolute Gasteiger partial charge is 0.422 e. The summed E-state index contributed by atoms with van der Waals surface area (Å²) in [5.41, 5.74) is 0. The monoisotopic (exact) mass is 341 g/mol. The summed E-state index contributed by atoms with van der Waals surface area (Å²) in [5, 5.41) is 0.617. The zero-order chi connectivity index (χ0) is 14.8. The molecule has 0 saturated heterocycles. The van der Waals surface area contributed by atoms with Gasteiger partial charge >= 0.3 is 6.01 Å². The van der Waals surface area contributed by atoms with Gasteiger partial charge in [-0.3, -0.25) is 4.57 Å². The Kier molecular flexibility index (Phi) is 3.92. The molecule has 0 aliphatic heterocycles. The number of hydrogen-bond donors (Lipinski definition) is 0. The van der Waals surface area contributed by atoms with E-state index in [-0.39, 0.29) is 22.3 Å². The van der Waals surface area contributed by atoms with E-state index < -0.39 is 0 Å². The van der Waals surface area contributed by atoms with E-state index in [2.05, 4.69) is 19.9 Å². The third-order valence-electron chi connectivity index (χ3n) is 2.43. The number of aromatic nitrogens is 5. The third-order valence-corrected chi connectivity index (χ3v) is 3.40. The molecule has 0 amide bonds. The average Bonchev–Trinajstić information content (AvgIpc) is 2.97. The van der Waals surface area contributed by atoms with Crippen molar-refractivity contribution in [1.29, 1.82) is 0 Å². The summed E-state index contributed by atoms with van der Waals surface area (Å²) in [4.78, 5) is 15.9. The van der Waals surface area contributed by atoms with E-state index in [0.29, 0.717) is 10.8 Å². The minimum absolute atomic E-state index is 0.00265. The number of ether oxygens (including phenoxy) is 1. The summed E-state index contributed by atoms with van der Waals surface area (Å²) in [6.07, 6.45) is 4.79. The van der Waals surface area contributed by atoms with Gasteiger partial charge in [0.25, 0.3) is 0 Å². The molecule has 0 atom stereocenters. The van der Waals surface area contributed by atoms with Gasteiger partial charge < -0.3 is 4.74 Å². The number of hydrogen-bond acceptors (Lipinski definition) is 5. The van der Waals surface area contributed by atoms with Crippen molar-refractivity contribution in [3.05, 3.63) is 52.2 Å². The fourth-order valence-electron chi connectivity index (χ4n) is 1.52. The van der Waals surface area contributed by atoms with Crippen LogP contribution < -0.4 is 4.74 Å². The van der Waals surface area contributed by atoms with E-state index in [1.807, 2.05) is 0 Å². The van der Waals surface area contributed by atoms with E-state index in [0.717, 1.165) is 0 Å². The number of imidazole rings is 1. The molecule has 3 aromatic rings. The van der Waals surface area contributed by atoms with Crippen LogP contribution in [0.4, 0.5) is 0 Å². The first-order valence-corrected chi connectivity index (χ1v) is 6.78. The quantitative estimate of drug-likeness (QED) is 0.724. The summed E-state index contributed by atoms with van der Waals surface area (Å²) in [7, 11) is 0. The van der Waals surface area contributed by atoms with Crippen molar-refractivity contribution < 1.29 is 4.74 Å². The Hall–Kier alpha value is -1.89. The van der Waals surface area contributed by atoms with Crippen LogP contribution >= 0.6 is 34.8 Å². The van der Waals surface area contributed by atoms with Gasteiger partial charge in [-0.25, -0.2) is 4.98 Å². The van der Waals surface area contributed by atoms with Crippen LogP contribution in [0, 0.1) is 0 Å². The molecule has 0 aliphatic carbocycles. The molecular weight excluding hydrogens is 337 g/mol. The van der Waals surface area contributed by atoms with Gasteiger partial charge in [0.15, 0.2) is 5.75 Å². The minimum Gasteiger partial charge on any atom is -0.422 e. The Labute approximate surface area is 134 Å². The fourth-order valence-corrected chi connectivity index (χ4v) is 2.00. The normalized spacial score (nSPS) is 10.6. The summed E-state index contributed by atoms with van der Waals surface area (Å²) >= 11 is 17.8. The minimum atomic E-state index is -0.0122. The number of rotatable bonds is 3. The van der Waals surface area contributed by atoms with E-state index in [1.54, 1.807) is 35.2 Å². The van der Waals surface area contributed by atoms with E-state index in [9.17, 15) is 0 Å². The second kappa shape index (κ2) is 5.85. The Balaban J connectivity index is 1.98. The smallest absolute Gasteiger partial charge is 0.328 e. The van der Waals surface area contributed by atoms with Crippen molar-refractivity contribution in [2.24, 2.45) is 0 Å². The highest BCUT2D eigenvalue weighted by Gasteiger charge is 2.12. The van der Waals surface area contributed by atoms with Gasteiger partial charge in [-0.15, -0.1) is 0 Å². The van der Waals surface area contributed by atoms with Crippen molar-refractivity contribution >= 4 is 34.8 Å². The summed E-state index contributed by atoms with van der Waals surface area (Å²) < 4.78 is 7.08. The predicted molar refractivity (Wildman–Crippen MR) is 78.5 cm³/mol. The molecule has 0 N–H and O–H groups in total. The van der Waals surface area contributed by atoms with Crippen LogP contribution in [0.5, 0.6) is 11.8 Å².